The van der Waals surface area contributed by atoms with E-state index in [0.29, 0.717) is 22.1 Å². The van der Waals surface area contributed by atoms with Crippen molar-refractivity contribution in [1.82, 2.24) is 15.1 Å². The summed E-state index contributed by atoms with van der Waals surface area (Å²) in [5.74, 6) is 0.0766. The molecule has 2 saturated heterocycles. The molecule has 0 spiro atoms. The quantitative estimate of drug-likeness (QED) is 0.393. The lowest BCUT2D eigenvalue weighted by Gasteiger charge is -2.23. The zero-order valence-corrected chi connectivity index (χ0v) is 17.8. The lowest BCUT2D eigenvalue weighted by atomic mass is 9.91. The van der Waals surface area contributed by atoms with Gasteiger partial charge in [0.2, 0.25) is 12.7 Å². The second-order valence-corrected chi connectivity index (χ2v) is 8.14. The van der Waals surface area contributed by atoms with Gasteiger partial charge in [-0.1, -0.05) is 17.8 Å². The molecule has 2 fully saturated rings. The van der Waals surface area contributed by atoms with Crippen molar-refractivity contribution in [2.24, 2.45) is 0 Å². The number of esters is 1. The number of fused-ring (bicyclic) bond motifs is 1. The maximum Gasteiger partial charge on any atom is 0.333 e. The van der Waals surface area contributed by atoms with Crippen LogP contribution in [-0.2, 0) is 24.7 Å². The molecule has 10 nitrogen and oxygen atoms in total. The Labute approximate surface area is 182 Å². The summed E-state index contributed by atoms with van der Waals surface area (Å²) in [4.78, 5) is 52.2. The number of carbonyl (C=O) groups is 4. The summed E-state index contributed by atoms with van der Waals surface area (Å²) in [6.07, 6.45) is 1.25. The van der Waals surface area contributed by atoms with Crippen molar-refractivity contribution < 1.29 is 33.4 Å². The van der Waals surface area contributed by atoms with Crippen LogP contribution >= 0.6 is 11.8 Å². The van der Waals surface area contributed by atoms with Crippen LogP contribution in [-0.4, -0.2) is 65.9 Å². The third-order valence-corrected chi connectivity index (χ3v) is 6.24. The molecule has 164 valence electrons. The van der Waals surface area contributed by atoms with Gasteiger partial charge in [-0.25, -0.2) is 9.59 Å². The number of hydrogen-bond acceptors (Lipinski definition) is 8. The highest BCUT2D eigenvalue weighted by Gasteiger charge is 2.49. The van der Waals surface area contributed by atoms with E-state index in [4.69, 9.17) is 14.2 Å². The zero-order chi connectivity index (χ0) is 22.2. The smallest absolute Gasteiger partial charge is 0.333 e. The first-order chi connectivity index (χ1) is 14.8. The average Bonchev–Trinajstić information content (AvgIpc) is 3.39. The van der Waals surface area contributed by atoms with E-state index >= 15 is 0 Å². The SMILES string of the molecule is CCOC(=O)/C=C1/SCC(=O)N1CCN1C(=O)NC(C)(c2ccc3c(c2)OCO3)C1=O. The number of amides is 4. The summed E-state index contributed by atoms with van der Waals surface area (Å²) in [6, 6.07) is 4.51. The second kappa shape index (κ2) is 8.14. The highest BCUT2D eigenvalue weighted by molar-refractivity contribution is 8.04. The second-order valence-electron chi connectivity index (χ2n) is 7.15. The van der Waals surface area contributed by atoms with E-state index in [2.05, 4.69) is 5.32 Å². The highest BCUT2D eigenvalue weighted by Crippen LogP contribution is 2.38. The van der Waals surface area contributed by atoms with Crippen molar-refractivity contribution in [3.8, 4) is 11.5 Å². The topological polar surface area (TPSA) is 114 Å². The normalized spacial score (nSPS) is 23.7. The maximum atomic E-state index is 13.1. The molecule has 4 amide bonds. The van der Waals surface area contributed by atoms with Crippen LogP contribution in [0.4, 0.5) is 4.79 Å². The number of rotatable bonds is 6. The van der Waals surface area contributed by atoms with E-state index in [9.17, 15) is 19.2 Å². The average molecular weight is 447 g/mol. The fourth-order valence-electron chi connectivity index (χ4n) is 3.56. The predicted molar refractivity (Wildman–Crippen MR) is 109 cm³/mol. The van der Waals surface area contributed by atoms with E-state index < -0.39 is 23.4 Å². The van der Waals surface area contributed by atoms with Crippen LogP contribution < -0.4 is 14.8 Å². The third kappa shape index (κ3) is 3.80. The van der Waals surface area contributed by atoms with Gasteiger partial charge in [-0.2, -0.15) is 0 Å². The van der Waals surface area contributed by atoms with E-state index in [-0.39, 0.29) is 38.1 Å². The number of hydrogen-bond donors (Lipinski definition) is 1. The van der Waals surface area contributed by atoms with E-state index in [1.54, 1.807) is 32.0 Å². The molecule has 3 heterocycles. The minimum Gasteiger partial charge on any atom is -0.463 e. The Hall–Kier alpha value is -3.21. The van der Waals surface area contributed by atoms with Crippen LogP contribution in [0.3, 0.4) is 0 Å². The Balaban J connectivity index is 1.48. The molecule has 4 rings (SSSR count). The number of benzene rings is 1. The molecule has 1 aromatic carbocycles. The number of nitrogens with one attached hydrogen (secondary N) is 1. The molecule has 1 unspecified atom stereocenters. The van der Waals surface area contributed by atoms with Crippen molar-refractivity contribution in [1.29, 1.82) is 0 Å². The molecule has 0 radical (unpaired) electrons. The summed E-state index contributed by atoms with van der Waals surface area (Å²) >= 11 is 1.21. The first-order valence-electron chi connectivity index (χ1n) is 9.69. The molecule has 31 heavy (non-hydrogen) atoms. The number of imide groups is 1. The summed E-state index contributed by atoms with van der Waals surface area (Å²) in [5.41, 5.74) is -0.709. The monoisotopic (exact) mass is 447 g/mol. The molecule has 0 bridgehead atoms. The van der Waals surface area contributed by atoms with Crippen molar-refractivity contribution in [3.63, 3.8) is 0 Å². The molecule has 0 aromatic heterocycles. The molecule has 0 aliphatic carbocycles. The standard InChI is InChI=1S/C20H21N3O7S/c1-3-28-17(25)9-16-22(15(24)10-31-16)6-7-23-18(26)20(2,21-19(23)27)12-4-5-13-14(8-12)30-11-29-13/h4-5,8-9H,3,6-7,10-11H2,1-2H3,(H,21,27)/b16-9+. The molecule has 3 aliphatic heterocycles. The summed E-state index contributed by atoms with van der Waals surface area (Å²) in [6.45, 7) is 3.70. The zero-order valence-electron chi connectivity index (χ0n) is 17.0. The van der Waals surface area contributed by atoms with Gasteiger partial charge in [0.25, 0.3) is 5.91 Å². The number of carbonyl (C=O) groups excluding carboxylic acids is 4. The van der Waals surface area contributed by atoms with E-state index in [1.165, 1.54) is 22.7 Å². The number of thioether (sulfide) groups is 1. The van der Waals surface area contributed by atoms with Crippen molar-refractivity contribution in [2.45, 2.75) is 19.4 Å². The van der Waals surface area contributed by atoms with Crippen LogP contribution in [0.15, 0.2) is 29.3 Å². The molecular formula is C20H21N3O7S. The highest BCUT2D eigenvalue weighted by atomic mass is 32.2. The van der Waals surface area contributed by atoms with Crippen molar-refractivity contribution >= 4 is 35.6 Å². The van der Waals surface area contributed by atoms with Gasteiger partial charge in [0, 0.05) is 13.1 Å². The molecule has 3 aliphatic rings. The van der Waals surface area contributed by atoms with E-state index in [0.717, 1.165) is 4.90 Å². The number of urea groups is 1. The molecule has 11 heteroatoms. The maximum absolute atomic E-state index is 13.1. The lowest BCUT2D eigenvalue weighted by molar-refractivity contribution is -0.137. The summed E-state index contributed by atoms with van der Waals surface area (Å²) < 4.78 is 15.6. The first kappa shape index (κ1) is 21.0. The number of nitrogens with zero attached hydrogens (tertiary/aromatic N) is 2. The Morgan fingerprint density at radius 1 is 1.23 bits per heavy atom. The van der Waals surface area contributed by atoms with Gasteiger partial charge >= 0.3 is 12.0 Å². The molecule has 1 atom stereocenters. The lowest BCUT2D eigenvalue weighted by Crippen LogP contribution is -2.42. The Morgan fingerprint density at radius 3 is 2.74 bits per heavy atom. The van der Waals surface area contributed by atoms with Crippen LogP contribution in [0.25, 0.3) is 0 Å². The molecular weight excluding hydrogens is 426 g/mol. The predicted octanol–water partition coefficient (Wildman–Crippen LogP) is 1.16. The Kier molecular flexibility index (Phi) is 5.52. The number of ether oxygens (including phenoxy) is 3. The minimum absolute atomic E-state index is 0.0166. The first-order valence-corrected chi connectivity index (χ1v) is 10.7. The minimum atomic E-state index is -1.27. The van der Waals surface area contributed by atoms with Crippen molar-refractivity contribution in [3.05, 3.63) is 34.9 Å². The van der Waals surface area contributed by atoms with Gasteiger partial charge in [-0.3, -0.25) is 14.5 Å². The molecule has 0 saturated carbocycles. The third-order valence-electron chi connectivity index (χ3n) is 5.21. The van der Waals surface area contributed by atoms with E-state index in [1.807, 2.05) is 0 Å². The van der Waals surface area contributed by atoms with Gasteiger partial charge in [0.15, 0.2) is 11.5 Å². The molecule has 1 aromatic rings. The Bertz CT molecular complexity index is 995. The van der Waals surface area contributed by atoms with Gasteiger partial charge in [0.05, 0.1) is 23.5 Å². The van der Waals surface area contributed by atoms with Gasteiger partial charge in [-0.15, -0.1) is 0 Å². The largest absolute Gasteiger partial charge is 0.463 e. The van der Waals surface area contributed by atoms with Crippen LogP contribution in [0, 0.1) is 0 Å². The Morgan fingerprint density at radius 2 is 1.97 bits per heavy atom. The van der Waals surface area contributed by atoms with Crippen LogP contribution in [0.2, 0.25) is 0 Å². The van der Waals surface area contributed by atoms with Gasteiger partial charge in [-0.05, 0) is 31.5 Å². The van der Waals surface area contributed by atoms with Crippen LogP contribution in [0.1, 0.15) is 19.4 Å². The summed E-state index contributed by atoms with van der Waals surface area (Å²) in [5, 5.41) is 3.17. The molecule has 1 N–H and O–H groups in total. The van der Waals surface area contributed by atoms with Crippen LogP contribution in [0.5, 0.6) is 11.5 Å². The fourth-order valence-corrected chi connectivity index (χ4v) is 4.51. The van der Waals surface area contributed by atoms with Gasteiger partial charge in [0.1, 0.15) is 5.54 Å². The van der Waals surface area contributed by atoms with Gasteiger partial charge < -0.3 is 24.4 Å². The fraction of sp³-hybridized carbons (Fsp3) is 0.400. The summed E-state index contributed by atoms with van der Waals surface area (Å²) in [7, 11) is 0. The van der Waals surface area contributed by atoms with Crippen molar-refractivity contribution in [2.75, 3.05) is 32.2 Å².